The zero-order chi connectivity index (χ0) is 15.5. The zero-order valence-electron chi connectivity index (χ0n) is 12.9. The fraction of sp³-hybridized carbons (Fsp3) is 0.562. The third kappa shape index (κ3) is 3.94. The summed E-state index contributed by atoms with van der Waals surface area (Å²) < 4.78 is 0. The van der Waals surface area contributed by atoms with Crippen molar-refractivity contribution in [3.05, 3.63) is 24.0 Å². The summed E-state index contributed by atoms with van der Waals surface area (Å²) in [4.78, 5) is 18.5. The number of anilines is 1. The highest BCUT2D eigenvalue weighted by atomic mass is 16.2. The SMILES string of the molecule is CC(C)(C)NC(=O)C1CCCN(c2cccnc2C#N)C1. The Balaban J connectivity index is 2.11. The van der Waals surface area contributed by atoms with E-state index in [2.05, 4.69) is 21.3 Å². The number of pyridine rings is 1. The monoisotopic (exact) mass is 286 g/mol. The summed E-state index contributed by atoms with van der Waals surface area (Å²) in [6.07, 6.45) is 3.46. The second kappa shape index (κ2) is 6.13. The molecule has 5 nitrogen and oxygen atoms in total. The molecule has 21 heavy (non-hydrogen) atoms. The first-order chi connectivity index (χ1) is 9.90. The van der Waals surface area contributed by atoms with Gasteiger partial charge in [-0.2, -0.15) is 5.26 Å². The summed E-state index contributed by atoms with van der Waals surface area (Å²) in [6.45, 7) is 7.46. The minimum atomic E-state index is -0.217. The average molecular weight is 286 g/mol. The Bertz CT molecular complexity index is 556. The highest BCUT2D eigenvalue weighted by Gasteiger charge is 2.29. The van der Waals surface area contributed by atoms with Crippen LogP contribution in [0.3, 0.4) is 0 Å². The summed E-state index contributed by atoms with van der Waals surface area (Å²) >= 11 is 0. The number of rotatable bonds is 2. The summed E-state index contributed by atoms with van der Waals surface area (Å²) in [6, 6.07) is 5.85. The quantitative estimate of drug-likeness (QED) is 0.903. The molecule has 1 aromatic rings. The largest absolute Gasteiger partial charge is 0.368 e. The van der Waals surface area contributed by atoms with Crippen molar-refractivity contribution < 1.29 is 4.79 Å². The molecule has 0 aliphatic carbocycles. The first-order valence-corrected chi connectivity index (χ1v) is 7.33. The maximum Gasteiger partial charge on any atom is 0.225 e. The number of aromatic nitrogens is 1. The molecular weight excluding hydrogens is 264 g/mol. The number of carbonyl (C=O) groups is 1. The first kappa shape index (κ1) is 15.3. The predicted molar refractivity (Wildman–Crippen MR) is 81.8 cm³/mol. The van der Waals surface area contributed by atoms with E-state index in [1.807, 2.05) is 32.9 Å². The summed E-state index contributed by atoms with van der Waals surface area (Å²) in [5.41, 5.74) is 1.04. The summed E-state index contributed by atoms with van der Waals surface area (Å²) in [7, 11) is 0. The molecule has 2 rings (SSSR count). The van der Waals surface area contributed by atoms with Gasteiger partial charge in [0.15, 0.2) is 5.69 Å². The number of carbonyl (C=O) groups excluding carboxylic acids is 1. The van der Waals surface area contributed by atoms with E-state index in [9.17, 15) is 4.79 Å². The third-order valence-electron chi connectivity index (χ3n) is 3.52. The van der Waals surface area contributed by atoms with Crippen molar-refractivity contribution in [1.29, 1.82) is 5.26 Å². The third-order valence-corrected chi connectivity index (χ3v) is 3.52. The van der Waals surface area contributed by atoms with E-state index >= 15 is 0 Å². The van der Waals surface area contributed by atoms with E-state index < -0.39 is 0 Å². The number of nitrogens with one attached hydrogen (secondary N) is 1. The number of piperidine rings is 1. The standard InChI is InChI=1S/C16H22N4O/c1-16(2,3)19-15(21)12-6-5-9-20(11-12)14-7-4-8-18-13(14)10-17/h4,7-8,12H,5-6,9,11H2,1-3H3,(H,19,21). The van der Waals surface area contributed by atoms with Gasteiger partial charge >= 0.3 is 0 Å². The molecule has 1 aliphatic rings. The van der Waals surface area contributed by atoms with Gasteiger partial charge in [0, 0.05) is 24.8 Å². The average Bonchev–Trinajstić information content (AvgIpc) is 2.45. The molecule has 1 amide bonds. The number of hydrogen-bond donors (Lipinski definition) is 1. The predicted octanol–water partition coefficient (Wildman–Crippen LogP) is 2.08. The second-order valence-corrected chi connectivity index (χ2v) is 6.51. The van der Waals surface area contributed by atoms with E-state index in [-0.39, 0.29) is 17.4 Å². The van der Waals surface area contributed by atoms with Crippen LogP contribution in [-0.4, -0.2) is 29.5 Å². The minimum Gasteiger partial charge on any atom is -0.368 e. The molecular formula is C16H22N4O. The molecule has 2 heterocycles. The molecule has 1 unspecified atom stereocenters. The van der Waals surface area contributed by atoms with Crippen molar-refractivity contribution in [1.82, 2.24) is 10.3 Å². The van der Waals surface area contributed by atoms with Gasteiger partial charge in [0.05, 0.1) is 11.6 Å². The first-order valence-electron chi connectivity index (χ1n) is 7.33. The smallest absolute Gasteiger partial charge is 0.225 e. The normalized spacial score (nSPS) is 19.0. The van der Waals surface area contributed by atoms with Crippen molar-refractivity contribution in [3.63, 3.8) is 0 Å². The Morgan fingerprint density at radius 1 is 1.52 bits per heavy atom. The van der Waals surface area contributed by atoms with Gasteiger partial charge in [-0.3, -0.25) is 4.79 Å². The van der Waals surface area contributed by atoms with Crippen LogP contribution < -0.4 is 10.2 Å². The van der Waals surface area contributed by atoms with Crippen molar-refractivity contribution in [3.8, 4) is 6.07 Å². The topological polar surface area (TPSA) is 69.0 Å². The van der Waals surface area contributed by atoms with Crippen LogP contribution in [0.2, 0.25) is 0 Å². The molecule has 1 N–H and O–H groups in total. The van der Waals surface area contributed by atoms with Crippen LogP contribution in [0.1, 0.15) is 39.3 Å². The van der Waals surface area contributed by atoms with E-state index in [1.54, 1.807) is 6.20 Å². The highest BCUT2D eigenvalue weighted by Crippen LogP contribution is 2.25. The molecule has 0 spiro atoms. The zero-order valence-corrected chi connectivity index (χ0v) is 12.9. The summed E-state index contributed by atoms with van der Waals surface area (Å²) in [5.74, 6) is 0.0549. The van der Waals surface area contributed by atoms with Crippen LogP contribution >= 0.6 is 0 Å². The fourth-order valence-corrected chi connectivity index (χ4v) is 2.62. The van der Waals surface area contributed by atoms with Gasteiger partial charge in [0.1, 0.15) is 6.07 Å². The van der Waals surface area contributed by atoms with E-state index in [1.165, 1.54) is 0 Å². The van der Waals surface area contributed by atoms with Gasteiger partial charge in [0.2, 0.25) is 5.91 Å². The lowest BCUT2D eigenvalue weighted by Gasteiger charge is -2.35. The van der Waals surface area contributed by atoms with Crippen molar-refractivity contribution in [2.24, 2.45) is 5.92 Å². The number of amides is 1. The van der Waals surface area contributed by atoms with Crippen LogP contribution in [-0.2, 0) is 4.79 Å². The maximum atomic E-state index is 12.3. The number of nitriles is 1. The fourth-order valence-electron chi connectivity index (χ4n) is 2.62. The summed E-state index contributed by atoms with van der Waals surface area (Å²) in [5, 5.41) is 12.2. The Hall–Kier alpha value is -2.09. The number of nitrogens with zero attached hydrogens (tertiary/aromatic N) is 3. The van der Waals surface area contributed by atoms with Gasteiger partial charge in [-0.05, 0) is 45.7 Å². The molecule has 0 aromatic carbocycles. The van der Waals surface area contributed by atoms with E-state index in [0.29, 0.717) is 12.2 Å². The van der Waals surface area contributed by atoms with E-state index in [4.69, 9.17) is 5.26 Å². The van der Waals surface area contributed by atoms with Crippen molar-refractivity contribution >= 4 is 11.6 Å². The molecule has 5 heteroatoms. The lowest BCUT2D eigenvalue weighted by atomic mass is 9.95. The molecule has 1 atom stereocenters. The lowest BCUT2D eigenvalue weighted by molar-refractivity contribution is -0.126. The van der Waals surface area contributed by atoms with Gasteiger partial charge in [-0.1, -0.05) is 0 Å². The van der Waals surface area contributed by atoms with Crippen molar-refractivity contribution in [2.75, 3.05) is 18.0 Å². The van der Waals surface area contributed by atoms with Gasteiger partial charge in [0.25, 0.3) is 0 Å². The lowest BCUT2D eigenvalue weighted by Crippen LogP contribution is -2.48. The minimum absolute atomic E-state index is 0.0373. The molecule has 1 aliphatic heterocycles. The second-order valence-electron chi connectivity index (χ2n) is 6.51. The number of hydrogen-bond acceptors (Lipinski definition) is 4. The van der Waals surface area contributed by atoms with Gasteiger partial charge < -0.3 is 10.2 Å². The van der Waals surface area contributed by atoms with Gasteiger partial charge in [-0.25, -0.2) is 4.98 Å². The Morgan fingerprint density at radius 3 is 2.95 bits per heavy atom. The molecule has 0 radical (unpaired) electrons. The molecule has 0 saturated carbocycles. The molecule has 1 saturated heterocycles. The molecule has 0 bridgehead atoms. The van der Waals surface area contributed by atoms with Crippen LogP contribution in [0.4, 0.5) is 5.69 Å². The molecule has 1 fully saturated rings. The van der Waals surface area contributed by atoms with Gasteiger partial charge in [-0.15, -0.1) is 0 Å². The van der Waals surface area contributed by atoms with Crippen LogP contribution in [0, 0.1) is 17.2 Å². The van der Waals surface area contributed by atoms with Crippen LogP contribution in [0.25, 0.3) is 0 Å². The Morgan fingerprint density at radius 2 is 2.29 bits per heavy atom. The van der Waals surface area contributed by atoms with E-state index in [0.717, 1.165) is 25.1 Å². The van der Waals surface area contributed by atoms with Crippen LogP contribution in [0.5, 0.6) is 0 Å². The Kier molecular flexibility index (Phi) is 4.46. The van der Waals surface area contributed by atoms with Crippen molar-refractivity contribution in [2.45, 2.75) is 39.2 Å². The van der Waals surface area contributed by atoms with Crippen LogP contribution in [0.15, 0.2) is 18.3 Å². The highest BCUT2D eigenvalue weighted by molar-refractivity contribution is 5.80. The Labute approximate surface area is 126 Å². The molecule has 1 aromatic heterocycles. The maximum absolute atomic E-state index is 12.3. The molecule has 112 valence electrons.